The second kappa shape index (κ2) is 3.15. The SMILES string of the molecule is [N-]=Nc1cccc2cc(Cl)ccc12. The van der Waals surface area contributed by atoms with Crippen LogP contribution in [0.2, 0.25) is 5.02 Å². The van der Waals surface area contributed by atoms with Crippen molar-refractivity contribution in [2.75, 3.05) is 0 Å². The third kappa shape index (κ3) is 1.40. The van der Waals surface area contributed by atoms with Gasteiger partial charge in [0.1, 0.15) is 0 Å². The Morgan fingerprint density at radius 3 is 2.77 bits per heavy atom. The van der Waals surface area contributed by atoms with E-state index in [2.05, 4.69) is 5.11 Å². The van der Waals surface area contributed by atoms with Gasteiger partial charge in [0.05, 0.1) is 0 Å². The van der Waals surface area contributed by atoms with Crippen LogP contribution in [0, 0.1) is 0 Å². The van der Waals surface area contributed by atoms with Gasteiger partial charge in [-0.05, 0) is 23.6 Å². The molecule has 3 heteroatoms. The predicted molar refractivity (Wildman–Crippen MR) is 54.4 cm³/mol. The fourth-order valence-corrected chi connectivity index (χ4v) is 1.51. The van der Waals surface area contributed by atoms with Crippen molar-refractivity contribution in [2.24, 2.45) is 5.11 Å². The number of hydrogen-bond donors (Lipinski definition) is 0. The molecule has 0 bridgehead atoms. The van der Waals surface area contributed by atoms with Gasteiger partial charge in [0, 0.05) is 16.1 Å². The Bertz CT molecular complexity index is 465. The maximum absolute atomic E-state index is 8.70. The molecule has 64 valence electrons. The lowest BCUT2D eigenvalue weighted by Crippen LogP contribution is -1.72. The number of nitrogens with zero attached hydrogens (tertiary/aromatic N) is 2. The molecule has 0 aliphatic rings. The van der Waals surface area contributed by atoms with Crippen LogP contribution in [0.5, 0.6) is 0 Å². The van der Waals surface area contributed by atoms with Gasteiger partial charge in [-0.25, -0.2) is 0 Å². The van der Waals surface area contributed by atoms with E-state index < -0.39 is 0 Å². The maximum Gasteiger partial charge on any atom is 0.0475 e. The van der Waals surface area contributed by atoms with Crippen molar-refractivity contribution in [3.8, 4) is 0 Å². The van der Waals surface area contributed by atoms with Crippen LogP contribution in [0.1, 0.15) is 0 Å². The molecule has 0 aliphatic carbocycles. The normalized spacial score (nSPS) is 10.2. The molecule has 2 rings (SSSR count). The van der Waals surface area contributed by atoms with Gasteiger partial charge in [-0.2, -0.15) is 0 Å². The van der Waals surface area contributed by atoms with E-state index in [1.807, 2.05) is 24.3 Å². The Morgan fingerprint density at radius 1 is 1.15 bits per heavy atom. The average molecular weight is 190 g/mol. The largest absolute Gasteiger partial charge is 0.706 e. The summed E-state index contributed by atoms with van der Waals surface area (Å²) in [6.45, 7) is 0. The molecule has 0 saturated carbocycles. The molecule has 0 amide bonds. The van der Waals surface area contributed by atoms with Gasteiger partial charge in [-0.15, -0.1) is 0 Å². The van der Waals surface area contributed by atoms with E-state index >= 15 is 0 Å². The molecule has 13 heavy (non-hydrogen) atoms. The highest BCUT2D eigenvalue weighted by molar-refractivity contribution is 6.31. The molecule has 0 aliphatic heterocycles. The molecule has 0 radical (unpaired) electrons. The highest BCUT2D eigenvalue weighted by Gasteiger charge is 1.97. The summed E-state index contributed by atoms with van der Waals surface area (Å²) in [6, 6.07) is 11.0. The van der Waals surface area contributed by atoms with E-state index in [1.54, 1.807) is 12.1 Å². The Hall–Kier alpha value is -1.41. The molecule has 0 aromatic heterocycles. The molecule has 0 unspecified atom stereocenters. The minimum absolute atomic E-state index is 0.564. The molecule has 0 fully saturated rings. The molecule has 2 aromatic rings. The smallest absolute Gasteiger partial charge is 0.0475 e. The highest BCUT2D eigenvalue weighted by atomic mass is 35.5. The van der Waals surface area contributed by atoms with Crippen molar-refractivity contribution in [3.05, 3.63) is 47.0 Å². The molecule has 2 aromatic carbocycles. The average Bonchev–Trinajstić information content (AvgIpc) is 2.16. The second-order valence-electron chi connectivity index (χ2n) is 2.74. The first-order chi connectivity index (χ1) is 6.31. The summed E-state index contributed by atoms with van der Waals surface area (Å²) in [5, 5.41) is 5.74. The van der Waals surface area contributed by atoms with Crippen LogP contribution in [0.25, 0.3) is 16.3 Å². The van der Waals surface area contributed by atoms with Crippen molar-refractivity contribution in [1.82, 2.24) is 0 Å². The topological polar surface area (TPSA) is 34.7 Å². The van der Waals surface area contributed by atoms with Gasteiger partial charge in [-0.1, -0.05) is 29.8 Å². The zero-order valence-corrected chi connectivity index (χ0v) is 7.49. The van der Waals surface area contributed by atoms with Gasteiger partial charge in [0.25, 0.3) is 0 Å². The Kier molecular flexibility index (Phi) is 1.99. The monoisotopic (exact) mass is 189 g/mol. The zero-order chi connectivity index (χ0) is 9.26. The van der Waals surface area contributed by atoms with E-state index in [0.717, 1.165) is 10.8 Å². The molecule has 0 N–H and O–H groups in total. The van der Waals surface area contributed by atoms with Gasteiger partial charge in [0.2, 0.25) is 0 Å². The first-order valence-corrected chi connectivity index (χ1v) is 4.22. The Labute approximate surface area is 80.7 Å². The molecule has 0 heterocycles. The van der Waals surface area contributed by atoms with Crippen LogP contribution in [-0.2, 0) is 0 Å². The summed E-state index contributed by atoms with van der Waals surface area (Å²) in [5.41, 5.74) is 9.26. The number of benzene rings is 2. The van der Waals surface area contributed by atoms with E-state index in [-0.39, 0.29) is 0 Å². The van der Waals surface area contributed by atoms with E-state index in [9.17, 15) is 0 Å². The molecule has 0 spiro atoms. The van der Waals surface area contributed by atoms with Crippen LogP contribution in [-0.4, -0.2) is 0 Å². The van der Waals surface area contributed by atoms with Crippen molar-refractivity contribution in [1.29, 1.82) is 0 Å². The fraction of sp³-hybridized carbons (Fsp3) is 0. The number of rotatable bonds is 1. The van der Waals surface area contributed by atoms with E-state index in [1.165, 1.54) is 0 Å². The van der Waals surface area contributed by atoms with Crippen LogP contribution in [0.3, 0.4) is 0 Å². The second-order valence-corrected chi connectivity index (χ2v) is 3.18. The van der Waals surface area contributed by atoms with Gasteiger partial charge in [0.15, 0.2) is 0 Å². The summed E-state index contributed by atoms with van der Waals surface area (Å²) in [6.07, 6.45) is 0. The molecular weight excluding hydrogens is 184 g/mol. The summed E-state index contributed by atoms with van der Waals surface area (Å²) < 4.78 is 0. The molecule has 0 saturated heterocycles. The summed E-state index contributed by atoms with van der Waals surface area (Å²) in [7, 11) is 0. The number of hydrogen-bond acceptors (Lipinski definition) is 1. The first kappa shape index (κ1) is 8.20. The lowest BCUT2D eigenvalue weighted by atomic mass is 10.1. The standard InChI is InChI=1S/C10H6ClN2/c11-8-4-5-9-7(6-8)2-1-3-10(9)13-12/h1-6H/q-1. The predicted octanol–water partition coefficient (Wildman–Crippen LogP) is 4.15. The van der Waals surface area contributed by atoms with Gasteiger partial charge in [-0.3, -0.25) is 0 Å². The molecule has 0 atom stereocenters. The minimum atomic E-state index is 0.564. The maximum atomic E-state index is 8.70. The highest BCUT2D eigenvalue weighted by Crippen LogP contribution is 2.27. The van der Waals surface area contributed by atoms with Gasteiger partial charge >= 0.3 is 0 Å². The Balaban J connectivity index is 2.84. The van der Waals surface area contributed by atoms with Crippen LogP contribution in [0.15, 0.2) is 41.5 Å². The van der Waals surface area contributed by atoms with E-state index in [4.69, 9.17) is 17.1 Å². The lowest BCUT2D eigenvalue weighted by molar-refractivity contribution is 1.54. The lowest BCUT2D eigenvalue weighted by Gasteiger charge is -2.03. The first-order valence-electron chi connectivity index (χ1n) is 3.84. The summed E-state index contributed by atoms with van der Waals surface area (Å²) in [4.78, 5) is 0. The Morgan fingerprint density at radius 2 is 2.00 bits per heavy atom. The number of fused-ring (bicyclic) bond motifs is 1. The van der Waals surface area contributed by atoms with Crippen LogP contribution >= 0.6 is 11.6 Å². The number of halogens is 1. The van der Waals surface area contributed by atoms with Crippen molar-refractivity contribution < 1.29 is 0 Å². The summed E-state index contributed by atoms with van der Waals surface area (Å²) in [5.74, 6) is 0. The van der Waals surface area contributed by atoms with Crippen LogP contribution in [0.4, 0.5) is 5.69 Å². The minimum Gasteiger partial charge on any atom is -0.706 e. The van der Waals surface area contributed by atoms with Crippen molar-refractivity contribution in [3.63, 3.8) is 0 Å². The van der Waals surface area contributed by atoms with Crippen molar-refractivity contribution >= 4 is 28.1 Å². The van der Waals surface area contributed by atoms with Crippen LogP contribution < -0.4 is 0 Å². The zero-order valence-electron chi connectivity index (χ0n) is 6.74. The fourth-order valence-electron chi connectivity index (χ4n) is 1.32. The third-order valence-corrected chi connectivity index (χ3v) is 2.16. The quantitative estimate of drug-likeness (QED) is 0.605. The van der Waals surface area contributed by atoms with E-state index in [0.29, 0.717) is 10.7 Å². The molecular formula is C10H6ClN2-. The van der Waals surface area contributed by atoms with Crippen molar-refractivity contribution in [2.45, 2.75) is 0 Å². The third-order valence-electron chi connectivity index (χ3n) is 1.93. The molecule has 2 nitrogen and oxygen atoms in total. The summed E-state index contributed by atoms with van der Waals surface area (Å²) >= 11 is 5.82. The van der Waals surface area contributed by atoms with Gasteiger partial charge < -0.3 is 10.6 Å².